The molecule has 0 unspecified atom stereocenters. The van der Waals surface area contributed by atoms with Gasteiger partial charge in [0.1, 0.15) is 0 Å². The lowest BCUT2D eigenvalue weighted by atomic mass is 10.2. The molecule has 7 nitrogen and oxygen atoms in total. The molecule has 1 N–H and O–H groups in total. The van der Waals surface area contributed by atoms with Crippen LogP contribution in [0.1, 0.15) is 5.56 Å². The van der Waals surface area contributed by atoms with E-state index in [0.717, 1.165) is 5.56 Å². The van der Waals surface area contributed by atoms with Crippen LogP contribution < -0.4 is 29.0 Å². The second-order valence-electron chi connectivity index (χ2n) is 5.77. The van der Waals surface area contributed by atoms with Crippen molar-refractivity contribution in [3.63, 3.8) is 0 Å². The highest BCUT2D eigenvalue weighted by molar-refractivity contribution is 7.99. The Hall–Kier alpha value is -2.45. The predicted octanol–water partition coefficient (Wildman–Crippen LogP) is 3.97. The first-order chi connectivity index (χ1) is 13.5. The van der Waals surface area contributed by atoms with Gasteiger partial charge in [-0.15, -0.1) is 11.8 Å². The lowest BCUT2D eigenvalue weighted by molar-refractivity contribution is -0.113. The van der Waals surface area contributed by atoms with Crippen LogP contribution in [0.2, 0.25) is 5.02 Å². The van der Waals surface area contributed by atoms with Gasteiger partial charge in [-0.2, -0.15) is 0 Å². The second kappa shape index (κ2) is 9.16. The Bertz CT molecular complexity index is 851. The molecule has 0 saturated heterocycles. The zero-order valence-corrected chi connectivity index (χ0v) is 17.2. The van der Waals surface area contributed by atoms with E-state index in [4.69, 9.17) is 35.3 Å². The number of methoxy groups -OCH3 is 3. The van der Waals surface area contributed by atoms with Crippen LogP contribution in [0.25, 0.3) is 0 Å². The topological polar surface area (TPSA) is 75.3 Å². The van der Waals surface area contributed by atoms with Crippen molar-refractivity contribution in [1.29, 1.82) is 0 Å². The number of amides is 1. The van der Waals surface area contributed by atoms with Crippen LogP contribution in [0.3, 0.4) is 0 Å². The van der Waals surface area contributed by atoms with E-state index in [1.165, 1.54) is 33.1 Å². The maximum atomic E-state index is 12.3. The van der Waals surface area contributed by atoms with Gasteiger partial charge >= 0.3 is 0 Å². The highest BCUT2D eigenvalue weighted by atomic mass is 35.5. The Balaban J connectivity index is 1.58. The highest BCUT2D eigenvalue weighted by Crippen LogP contribution is 2.41. The van der Waals surface area contributed by atoms with Gasteiger partial charge in [0.25, 0.3) is 0 Å². The van der Waals surface area contributed by atoms with Crippen molar-refractivity contribution >= 4 is 35.0 Å². The molecule has 0 aliphatic carbocycles. The standard InChI is InChI=1S/C19H20ClNO6S/c1-23-14-6-12(7-15(24-2)19(14)25-3)21-17(22)9-28-8-11-4-13(20)18-16(5-11)26-10-27-18/h4-7H,8-10H2,1-3H3,(H,21,22). The van der Waals surface area contributed by atoms with Crippen molar-refractivity contribution < 1.29 is 28.5 Å². The molecule has 1 aliphatic rings. The number of thioether (sulfide) groups is 1. The summed E-state index contributed by atoms with van der Waals surface area (Å²) in [5.74, 6) is 3.34. The number of carbonyl (C=O) groups excluding carboxylic acids is 1. The van der Waals surface area contributed by atoms with Crippen LogP contribution in [0.5, 0.6) is 28.7 Å². The number of benzene rings is 2. The molecule has 2 aromatic rings. The van der Waals surface area contributed by atoms with Crippen molar-refractivity contribution in [3.8, 4) is 28.7 Å². The number of carbonyl (C=O) groups is 1. The first kappa shape index (κ1) is 20.3. The highest BCUT2D eigenvalue weighted by Gasteiger charge is 2.18. The molecule has 3 rings (SSSR count). The molecule has 0 aromatic heterocycles. The molecule has 150 valence electrons. The van der Waals surface area contributed by atoms with Gasteiger partial charge in [0.05, 0.1) is 32.1 Å². The van der Waals surface area contributed by atoms with Crippen molar-refractivity contribution in [2.75, 3.05) is 39.2 Å². The van der Waals surface area contributed by atoms with E-state index in [1.54, 1.807) is 12.1 Å². The number of fused-ring (bicyclic) bond motifs is 1. The largest absolute Gasteiger partial charge is 0.493 e. The summed E-state index contributed by atoms with van der Waals surface area (Å²) in [5, 5.41) is 3.34. The SMILES string of the molecule is COc1cc(NC(=O)CSCc2cc(Cl)c3c(c2)OCO3)cc(OC)c1OC. The van der Waals surface area contributed by atoms with Crippen LogP contribution in [0, 0.1) is 0 Å². The molecule has 1 amide bonds. The lowest BCUT2D eigenvalue weighted by Crippen LogP contribution is -2.14. The number of ether oxygens (including phenoxy) is 5. The number of halogens is 1. The first-order valence-corrected chi connectivity index (χ1v) is 9.84. The van der Waals surface area contributed by atoms with Crippen molar-refractivity contribution in [2.24, 2.45) is 0 Å². The molecule has 0 atom stereocenters. The molecule has 0 radical (unpaired) electrons. The van der Waals surface area contributed by atoms with E-state index in [-0.39, 0.29) is 18.5 Å². The fourth-order valence-electron chi connectivity index (χ4n) is 2.72. The van der Waals surface area contributed by atoms with E-state index >= 15 is 0 Å². The number of hydrogen-bond donors (Lipinski definition) is 1. The minimum atomic E-state index is -0.147. The average Bonchev–Trinajstić information content (AvgIpc) is 3.16. The van der Waals surface area contributed by atoms with Gasteiger partial charge < -0.3 is 29.0 Å². The predicted molar refractivity (Wildman–Crippen MR) is 108 cm³/mol. The molecule has 9 heteroatoms. The van der Waals surface area contributed by atoms with Crippen LogP contribution >= 0.6 is 23.4 Å². The summed E-state index contributed by atoms with van der Waals surface area (Å²) in [7, 11) is 4.57. The lowest BCUT2D eigenvalue weighted by Gasteiger charge is -2.14. The maximum absolute atomic E-state index is 12.3. The Labute approximate surface area is 172 Å². The Morgan fingerprint density at radius 3 is 2.46 bits per heavy atom. The zero-order chi connectivity index (χ0) is 20.1. The fraction of sp³-hybridized carbons (Fsp3) is 0.316. The Morgan fingerprint density at radius 1 is 1.11 bits per heavy atom. The summed E-state index contributed by atoms with van der Waals surface area (Å²) >= 11 is 7.64. The van der Waals surface area contributed by atoms with E-state index in [9.17, 15) is 4.79 Å². The third-order valence-electron chi connectivity index (χ3n) is 3.94. The van der Waals surface area contributed by atoms with Gasteiger partial charge in [0.2, 0.25) is 18.4 Å². The summed E-state index contributed by atoms with van der Waals surface area (Å²) in [6, 6.07) is 7.06. The monoisotopic (exact) mass is 425 g/mol. The van der Waals surface area contributed by atoms with Gasteiger partial charge in [-0.25, -0.2) is 0 Å². The van der Waals surface area contributed by atoms with E-state index in [1.807, 2.05) is 12.1 Å². The minimum Gasteiger partial charge on any atom is -0.493 e. The molecule has 0 bridgehead atoms. The smallest absolute Gasteiger partial charge is 0.234 e. The number of rotatable bonds is 8. The molecule has 2 aromatic carbocycles. The molecular formula is C19H20ClNO6S. The van der Waals surface area contributed by atoms with E-state index in [2.05, 4.69) is 5.32 Å². The number of hydrogen-bond acceptors (Lipinski definition) is 7. The van der Waals surface area contributed by atoms with E-state index in [0.29, 0.717) is 45.2 Å². The number of nitrogens with one attached hydrogen (secondary N) is 1. The number of anilines is 1. The normalized spacial score (nSPS) is 11.9. The van der Waals surface area contributed by atoms with Gasteiger partial charge in [0.15, 0.2) is 23.0 Å². The molecule has 28 heavy (non-hydrogen) atoms. The minimum absolute atomic E-state index is 0.147. The average molecular weight is 426 g/mol. The molecular weight excluding hydrogens is 406 g/mol. The van der Waals surface area contributed by atoms with Crippen LogP contribution in [-0.4, -0.2) is 39.8 Å². The van der Waals surface area contributed by atoms with Crippen molar-refractivity contribution in [3.05, 3.63) is 34.9 Å². The molecule has 0 fully saturated rings. The summed E-state index contributed by atoms with van der Waals surface area (Å²) in [6.07, 6.45) is 0. The fourth-order valence-corrected chi connectivity index (χ4v) is 3.77. The Kier molecular flexibility index (Phi) is 6.64. The van der Waals surface area contributed by atoms with Gasteiger partial charge in [-0.1, -0.05) is 11.6 Å². The summed E-state index contributed by atoms with van der Waals surface area (Å²) in [4.78, 5) is 12.3. The Morgan fingerprint density at radius 2 is 1.82 bits per heavy atom. The third-order valence-corrected chi connectivity index (χ3v) is 5.22. The van der Waals surface area contributed by atoms with Crippen molar-refractivity contribution in [2.45, 2.75) is 5.75 Å². The third kappa shape index (κ3) is 4.51. The van der Waals surface area contributed by atoms with Gasteiger partial charge in [-0.3, -0.25) is 4.79 Å². The molecule has 0 spiro atoms. The molecule has 0 saturated carbocycles. The quantitative estimate of drug-likeness (QED) is 0.685. The molecule has 1 heterocycles. The summed E-state index contributed by atoms with van der Waals surface area (Å²) in [6.45, 7) is 0.169. The summed E-state index contributed by atoms with van der Waals surface area (Å²) < 4.78 is 26.5. The van der Waals surface area contributed by atoms with Crippen LogP contribution in [0.4, 0.5) is 5.69 Å². The zero-order valence-electron chi connectivity index (χ0n) is 15.7. The van der Waals surface area contributed by atoms with Crippen LogP contribution in [0.15, 0.2) is 24.3 Å². The van der Waals surface area contributed by atoms with Gasteiger partial charge in [-0.05, 0) is 17.7 Å². The first-order valence-electron chi connectivity index (χ1n) is 8.31. The van der Waals surface area contributed by atoms with Gasteiger partial charge in [0, 0.05) is 23.6 Å². The maximum Gasteiger partial charge on any atom is 0.234 e. The molecule has 1 aliphatic heterocycles. The van der Waals surface area contributed by atoms with E-state index < -0.39 is 0 Å². The van der Waals surface area contributed by atoms with Crippen molar-refractivity contribution in [1.82, 2.24) is 0 Å². The summed E-state index contributed by atoms with van der Waals surface area (Å²) in [5.41, 5.74) is 1.52. The second-order valence-corrected chi connectivity index (χ2v) is 7.16. The van der Waals surface area contributed by atoms with Crippen LogP contribution in [-0.2, 0) is 10.5 Å².